The fourth-order valence-electron chi connectivity index (χ4n) is 3.17. The maximum Gasteiger partial charge on any atom is 0.307 e. The minimum Gasteiger partial charge on any atom is -0.481 e. The Morgan fingerprint density at radius 1 is 1.29 bits per heavy atom. The lowest BCUT2D eigenvalue weighted by atomic mass is 9.94. The predicted octanol–water partition coefficient (Wildman–Crippen LogP) is 3.74. The van der Waals surface area contributed by atoms with Crippen molar-refractivity contribution in [3.63, 3.8) is 0 Å². The molecule has 0 radical (unpaired) electrons. The molecule has 116 valence electrons. The van der Waals surface area contributed by atoms with Crippen LogP contribution in [0.3, 0.4) is 0 Å². The van der Waals surface area contributed by atoms with Crippen LogP contribution in [0.4, 0.5) is 0 Å². The Balaban J connectivity index is 2.02. The number of rotatable bonds is 5. The van der Waals surface area contributed by atoms with Gasteiger partial charge in [-0.15, -0.1) is 0 Å². The fourth-order valence-corrected chi connectivity index (χ4v) is 3.17. The third-order valence-electron chi connectivity index (χ3n) is 4.46. The Hall–Kier alpha value is -1.35. The van der Waals surface area contributed by atoms with Crippen molar-refractivity contribution in [1.29, 1.82) is 0 Å². The maximum atomic E-state index is 11.2. The van der Waals surface area contributed by atoms with E-state index in [0.717, 1.165) is 25.8 Å². The van der Waals surface area contributed by atoms with Gasteiger partial charge >= 0.3 is 5.97 Å². The van der Waals surface area contributed by atoms with Gasteiger partial charge in [0.2, 0.25) is 0 Å². The Labute approximate surface area is 128 Å². The van der Waals surface area contributed by atoms with Crippen LogP contribution in [0.25, 0.3) is 0 Å². The zero-order valence-corrected chi connectivity index (χ0v) is 13.4. The SMILES string of the molecule is CC(C)Cc1ccc(C(C)N2CCCC(C(=O)O)C2)cc1. The van der Waals surface area contributed by atoms with E-state index in [0.29, 0.717) is 18.5 Å². The van der Waals surface area contributed by atoms with Crippen LogP contribution in [-0.4, -0.2) is 29.1 Å². The van der Waals surface area contributed by atoms with Gasteiger partial charge in [-0.25, -0.2) is 0 Å². The highest BCUT2D eigenvalue weighted by molar-refractivity contribution is 5.70. The van der Waals surface area contributed by atoms with Crippen molar-refractivity contribution in [3.05, 3.63) is 35.4 Å². The maximum absolute atomic E-state index is 11.2. The van der Waals surface area contributed by atoms with Gasteiger partial charge in [0.05, 0.1) is 5.92 Å². The van der Waals surface area contributed by atoms with Crippen molar-refractivity contribution in [2.75, 3.05) is 13.1 Å². The first-order valence-electron chi connectivity index (χ1n) is 8.03. The van der Waals surface area contributed by atoms with Crippen molar-refractivity contribution < 1.29 is 9.90 Å². The van der Waals surface area contributed by atoms with Crippen molar-refractivity contribution in [2.45, 2.75) is 46.1 Å². The van der Waals surface area contributed by atoms with E-state index in [-0.39, 0.29) is 5.92 Å². The number of carboxylic acid groups (broad SMARTS) is 1. The molecule has 2 rings (SSSR count). The lowest BCUT2D eigenvalue weighted by molar-refractivity contribution is -0.143. The Morgan fingerprint density at radius 2 is 1.95 bits per heavy atom. The number of carbonyl (C=O) groups is 1. The highest BCUT2D eigenvalue weighted by Crippen LogP contribution is 2.27. The van der Waals surface area contributed by atoms with Crippen molar-refractivity contribution in [3.8, 4) is 0 Å². The second kappa shape index (κ2) is 7.08. The van der Waals surface area contributed by atoms with Gasteiger partial charge < -0.3 is 5.11 Å². The molecule has 2 atom stereocenters. The third-order valence-corrected chi connectivity index (χ3v) is 4.46. The van der Waals surface area contributed by atoms with E-state index >= 15 is 0 Å². The molecule has 21 heavy (non-hydrogen) atoms. The molecule has 1 aromatic rings. The average Bonchev–Trinajstić information content (AvgIpc) is 2.47. The monoisotopic (exact) mass is 289 g/mol. The van der Waals surface area contributed by atoms with E-state index in [9.17, 15) is 9.90 Å². The Kier molecular flexibility index (Phi) is 5.40. The predicted molar refractivity (Wildman–Crippen MR) is 85.3 cm³/mol. The summed E-state index contributed by atoms with van der Waals surface area (Å²) in [4.78, 5) is 13.5. The van der Waals surface area contributed by atoms with Crippen LogP contribution in [0.2, 0.25) is 0 Å². The van der Waals surface area contributed by atoms with Crippen LogP contribution in [0.15, 0.2) is 24.3 Å². The van der Waals surface area contributed by atoms with E-state index in [1.54, 1.807) is 0 Å². The highest BCUT2D eigenvalue weighted by Gasteiger charge is 2.28. The van der Waals surface area contributed by atoms with Crippen LogP contribution in [-0.2, 0) is 11.2 Å². The summed E-state index contributed by atoms with van der Waals surface area (Å²) in [5, 5.41) is 9.20. The van der Waals surface area contributed by atoms with Gasteiger partial charge in [-0.3, -0.25) is 9.69 Å². The lowest BCUT2D eigenvalue weighted by Gasteiger charge is -2.35. The number of hydrogen-bond acceptors (Lipinski definition) is 2. The molecule has 1 heterocycles. The number of aliphatic carboxylic acids is 1. The van der Waals surface area contributed by atoms with Crippen LogP contribution >= 0.6 is 0 Å². The second-order valence-electron chi connectivity index (χ2n) is 6.69. The Morgan fingerprint density at radius 3 is 2.52 bits per heavy atom. The van der Waals surface area contributed by atoms with Gasteiger partial charge in [-0.05, 0) is 49.8 Å². The van der Waals surface area contributed by atoms with Gasteiger partial charge in [0.15, 0.2) is 0 Å². The molecule has 0 saturated carbocycles. The van der Waals surface area contributed by atoms with Crippen molar-refractivity contribution >= 4 is 5.97 Å². The first-order valence-corrected chi connectivity index (χ1v) is 8.03. The van der Waals surface area contributed by atoms with Crippen LogP contribution < -0.4 is 0 Å². The number of piperidine rings is 1. The van der Waals surface area contributed by atoms with Gasteiger partial charge in [-0.1, -0.05) is 38.1 Å². The molecule has 1 aromatic carbocycles. The minimum atomic E-state index is -0.654. The topological polar surface area (TPSA) is 40.5 Å². The van der Waals surface area contributed by atoms with Gasteiger partial charge in [0, 0.05) is 12.6 Å². The summed E-state index contributed by atoms with van der Waals surface area (Å²) in [6.07, 6.45) is 2.90. The second-order valence-corrected chi connectivity index (χ2v) is 6.69. The quantitative estimate of drug-likeness (QED) is 0.897. The number of nitrogens with zero attached hydrogens (tertiary/aromatic N) is 1. The highest BCUT2D eigenvalue weighted by atomic mass is 16.4. The largest absolute Gasteiger partial charge is 0.481 e. The molecule has 0 aromatic heterocycles. The summed E-state index contributed by atoms with van der Waals surface area (Å²) >= 11 is 0. The van der Waals surface area contributed by atoms with Gasteiger partial charge in [0.1, 0.15) is 0 Å². The van der Waals surface area contributed by atoms with Gasteiger partial charge in [-0.2, -0.15) is 0 Å². The fraction of sp³-hybridized carbons (Fsp3) is 0.611. The van der Waals surface area contributed by atoms with E-state index in [1.165, 1.54) is 11.1 Å². The summed E-state index contributed by atoms with van der Waals surface area (Å²) in [5.74, 6) is -0.188. The van der Waals surface area contributed by atoms with Gasteiger partial charge in [0.25, 0.3) is 0 Å². The molecule has 0 aliphatic carbocycles. The summed E-state index contributed by atoms with van der Waals surface area (Å²) in [6.45, 7) is 8.32. The third kappa shape index (κ3) is 4.31. The molecule has 2 unspecified atom stereocenters. The zero-order valence-electron chi connectivity index (χ0n) is 13.4. The smallest absolute Gasteiger partial charge is 0.307 e. The molecular weight excluding hydrogens is 262 g/mol. The molecule has 1 saturated heterocycles. The summed E-state index contributed by atoms with van der Waals surface area (Å²) < 4.78 is 0. The van der Waals surface area contributed by atoms with Crippen LogP contribution in [0.5, 0.6) is 0 Å². The standard InChI is InChI=1S/C18H27NO2/c1-13(2)11-15-6-8-16(9-7-15)14(3)19-10-4-5-17(12-19)18(20)21/h6-9,13-14,17H,4-5,10-12H2,1-3H3,(H,20,21). The molecule has 1 N–H and O–H groups in total. The molecule has 0 bridgehead atoms. The van der Waals surface area contributed by atoms with E-state index in [4.69, 9.17) is 0 Å². The molecule has 1 aliphatic heterocycles. The van der Waals surface area contributed by atoms with Crippen molar-refractivity contribution in [1.82, 2.24) is 4.90 Å². The average molecular weight is 289 g/mol. The lowest BCUT2D eigenvalue weighted by Crippen LogP contribution is -2.40. The van der Waals surface area contributed by atoms with Crippen LogP contribution in [0, 0.1) is 11.8 Å². The summed E-state index contributed by atoms with van der Waals surface area (Å²) in [5.41, 5.74) is 2.66. The molecule has 0 amide bonds. The number of hydrogen-bond donors (Lipinski definition) is 1. The van der Waals surface area contributed by atoms with E-state index in [2.05, 4.69) is 49.9 Å². The normalized spacial score (nSPS) is 21.4. The number of likely N-dealkylation sites (tertiary alicyclic amines) is 1. The zero-order chi connectivity index (χ0) is 15.4. The molecule has 3 heteroatoms. The first-order chi connectivity index (χ1) is 9.97. The molecule has 1 fully saturated rings. The molecule has 0 spiro atoms. The van der Waals surface area contributed by atoms with Crippen LogP contribution in [0.1, 0.15) is 50.8 Å². The van der Waals surface area contributed by atoms with E-state index in [1.807, 2.05) is 0 Å². The molecule has 1 aliphatic rings. The van der Waals surface area contributed by atoms with E-state index < -0.39 is 5.97 Å². The summed E-state index contributed by atoms with van der Waals surface area (Å²) in [6, 6.07) is 9.12. The minimum absolute atomic E-state index is 0.207. The summed E-state index contributed by atoms with van der Waals surface area (Å²) in [7, 11) is 0. The molecular formula is C18H27NO2. The number of benzene rings is 1. The first kappa shape index (κ1) is 16.0. The number of carboxylic acids is 1. The Bertz CT molecular complexity index is 467. The van der Waals surface area contributed by atoms with Crippen molar-refractivity contribution in [2.24, 2.45) is 11.8 Å². The molecule has 3 nitrogen and oxygen atoms in total.